The highest BCUT2D eigenvalue weighted by molar-refractivity contribution is 6.32. The maximum absolute atomic E-state index is 6.20. The van der Waals surface area contributed by atoms with Gasteiger partial charge in [0.25, 0.3) is 0 Å². The first-order valence-electron chi connectivity index (χ1n) is 5.72. The predicted molar refractivity (Wildman–Crippen MR) is 72.8 cm³/mol. The highest BCUT2D eigenvalue weighted by Gasteiger charge is 2.21. The van der Waals surface area contributed by atoms with Crippen LogP contribution in [0.25, 0.3) is 0 Å². The van der Waals surface area contributed by atoms with Crippen LogP contribution < -0.4 is 5.73 Å². The third kappa shape index (κ3) is 2.51. The second-order valence-corrected chi connectivity index (χ2v) is 4.76. The molecule has 1 unspecified atom stereocenters. The molecule has 0 fully saturated rings. The van der Waals surface area contributed by atoms with Gasteiger partial charge in [0.1, 0.15) is 0 Å². The molecule has 0 bridgehead atoms. The molecule has 0 saturated heterocycles. The standard InChI is InChI=1S/C12H14Cl2N4/c1-2-6-18-12(9(14)7-17-18)10(15)11-8(13)4-3-5-16-11/h3-5,7,10H,2,6,15H2,1H3. The second kappa shape index (κ2) is 5.69. The molecule has 2 N–H and O–H groups in total. The molecular formula is C12H14Cl2N4. The van der Waals surface area contributed by atoms with E-state index >= 15 is 0 Å². The van der Waals surface area contributed by atoms with Crippen molar-refractivity contribution in [1.82, 2.24) is 14.8 Å². The molecule has 0 aliphatic rings. The summed E-state index contributed by atoms with van der Waals surface area (Å²) in [4.78, 5) is 4.22. The average Bonchev–Trinajstić information content (AvgIpc) is 2.71. The number of rotatable bonds is 4. The summed E-state index contributed by atoms with van der Waals surface area (Å²) in [5.74, 6) is 0. The van der Waals surface area contributed by atoms with E-state index in [-0.39, 0.29) is 0 Å². The molecule has 0 aliphatic carbocycles. The molecule has 0 aliphatic heterocycles. The molecule has 2 aromatic rings. The van der Waals surface area contributed by atoms with Gasteiger partial charge in [-0.25, -0.2) is 0 Å². The highest BCUT2D eigenvalue weighted by atomic mass is 35.5. The fourth-order valence-electron chi connectivity index (χ4n) is 1.83. The van der Waals surface area contributed by atoms with Gasteiger partial charge in [0.2, 0.25) is 0 Å². The van der Waals surface area contributed by atoms with Crippen LogP contribution in [0.2, 0.25) is 10.0 Å². The number of aromatic nitrogens is 3. The van der Waals surface area contributed by atoms with Crippen LogP contribution in [0.1, 0.15) is 30.8 Å². The van der Waals surface area contributed by atoms with E-state index in [0.29, 0.717) is 15.7 Å². The van der Waals surface area contributed by atoms with Crippen molar-refractivity contribution in [2.24, 2.45) is 5.73 Å². The van der Waals surface area contributed by atoms with E-state index in [4.69, 9.17) is 28.9 Å². The van der Waals surface area contributed by atoms with Crippen molar-refractivity contribution in [3.8, 4) is 0 Å². The van der Waals surface area contributed by atoms with Crippen molar-refractivity contribution in [1.29, 1.82) is 0 Å². The van der Waals surface area contributed by atoms with Crippen LogP contribution in [0.5, 0.6) is 0 Å². The lowest BCUT2D eigenvalue weighted by molar-refractivity contribution is 0.557. The summed E-state index contributed by atoms with van der Waals surface area (Å²) >= 11 is 12.2. The number of aryl methyl sites for hydroxylation is 1. The molecule has 18 heavy (non-hydrogen) atoms. The Kier molecular flexibility index (Phi) is 4.22. The van der Waals surface area contributed by atoms with Crippen LogP contribution in [0.15, 0.2) is 24.5 Å². The third-order valence-electron chi connectivity index (χ3n) is 2.64. The summed E-state index contributed by atoms with van der Waals surface area (Å²) in [6.07, 6.45) is 4.21. The van der Waals surface area contributed by atoms with E-state index in [1.54, 1.807) is 29.2 Å². The van der Waals surface area contributed by atoms with Gasteiger partial charge in [0, 0.05) is 12.7 Å². The van der Waals surface area contributed by atoms with Gasteiger partial charge in [0.05, 0.1) is 33.7 Å². The van der Waals surface area contributed by atoms with Gasteiger partial charge in [-0.3, -0.25) is 9.67 Å². The van der Waals surface area contributed by atoms with Crippen molar-refractivity contribution in [3.63, 3.8) is 0 Å². The SMILES string of the molecule is CCCn1ncc(Cl)c1C(N)c1ncccc1Cl. The summed E-state index contributed by atoms with van der Waals surface area (Å²) in [6, 6.07) is 3.06. The van der Waals surface area contributed by atoms with Gasteiger partial charge in [-0.2, -0.15) is 5.10 Å². The Morgan fingerprint density at radius 3 is 2.83 bits per heavy atom. The molecule has 0 radical (unpaired) electrons. The van der Waals surface area contributed by atoms with Gasteiger partial charge in [-0.05, 0) is 18.6 Å². The molecule has 2 heterocycles. The first-order chi connectivity index (χ1) is 8.65. The van der Waals surface area contributed by atoms with Crippen LogP contribution in [0.4, 0.5) is 0 Å². The Balaban J connectivity index is 2.42. The fourth-order valence-corrected chi connectivity index (χ4v) is 2.33. The normalized spacial score (nSPS) is 12.7. The summed E-state index contributed by atoms with van der Waals surface area (Å²) in [7, 11) is 0. The summed E-state index contributed by atoms with van der Waals surface area (Å²) in [5, 5.41) is 5.29. The van der Waals surface area contributed by atoms with Gasteiger partial charge in [-0.15, -0.1) is 0 Å². The molecule has 0 amide bonds. The zero-order valence-corrected chi connectivity index (χ0v) is 11.5. The minimum atomic E-state index is -0.472. The second-order valence-electron chi connectivity index (χ2n) is 3.95. The number of halogens is 2. The van der Waals surface area contributed by atoms with Crippen LogP contribution in [0.3, 0.4) is 0 Å². The summed E-state index contributed by atoms with van der Waals surface area (Å²) < 4.78 is 1.80. The first kappa shape index (κ1) is 13.3. The van der Waals surface area contributed by atoms with Gasteiger partial charge >= 0.3 is 0 Å². The predicted octanol–water partition coefficient (Wildman–Crippen LogP) is 3.04. The first-order valence-corrected chi connectivity index (χ1v) is 6.48. The molecule has 4 nitrogen and oxygen atoms in total. The number of nitrogens with zero attached hydrogens (tertiary/aromatic N) is 3. The zero-order valence-electron chi connectivity index (χ0n) is 9.98. The maximum Gasteiger partial charge on any atom is 0.0927 e. The van der Waals surface area contributed by atoms with Crippen molar-refractivity contribution in [2.45, 2.75) is 25.9 Å². The topological polar surface area (TPSA) is 56.7 Å². The minimum absolute atomic E-state index is 0.472. The maximum atomic E-state index is 6.20. The summed E-state index contributed by atoms with van der Waals surface area (Å²) in [6.45, 7) is 2.83. The molecule has 96 valence electrons. The number of hydrogen-bond acceptors (Lipinski definition) is 3. The zero-order chi connectivity index (χ0) is 13.1. The van der Waals surface area contributed by atoms with Gasteiger partial charge < -0.3 is 5.73 Å². The highest BCUT2D eigenvalue weighted by Crippen LogP contribution is 2.29. The van der Waals surface area contributed by atoms with Crippen molar-refractivity contribution in [3.05, 3.63) is 46.0 Å². The average molecular weight is 285 g/mol. The quantitative estimate of drug-likeness (QED) is 0.939. The molecule has 0 saturated carbocycles. The van der Waals surface area contributed by atoms with Gasteiger partial charge in [-0.1, -0.05) is 30.1 Å². The largest absolute Gasteiger partial charge is 0.318 e. The van der Waals surface area contributed by atoms with E-state index in [0.717, 1.165) is 18.7 Å². The Labute approximate surface area is 116 Å². The Hall–Kier alpha value is -1.10. The van der Waals surface area contributed by atoms with Crippen molar-refractivity contribution < 1.29 is 0 Å². The lowest BCUT2D eigenvalue weighted by Crippen LogP contribution is -2.19. The monoisotopic (exact) mass is 284 g/mol. The molecule has 2 rings (SSSR count). The Bertz CT molecular complexity index is 539. The molecular weight excluding hydrogens is 271 g/mol. The molecule has 0 spiro atoms. The van der Waals surface area contributed by atoms with E-state index in [9.17, 15) is 0 Å². The number of hydrogen-bond donors (Lipinski definition) is 1. The van der Waals surface area contributed by atoms with Crippen LogP contribution in [0, 0.1) is 0 Å². The van der Waals surface area contributed by atoms with E-state index < -0.39 is 6.04 Å². The molecule has 6 heteroatoms. The van der Waals surface area contributed by atoms with Crippen molar-refractivity contribution in [2.75, 3.05) is 0 Å². The molecule has 1 atom stereocenters. The van der Waals surface area contributed by atoms with Crippen LogP contribution in [-0.4, -0.2) is 14.8 Å². The Morgan fingerprint density at radius 1 is 1.39 bits per heavy atom. The fraction of sp³-hybridized carbons (Fsp3) is 0.333. The Morgan fingerprint density at radius 2 is 2.17 bits per heavy atom. The van der Waals surface area contributed by atoms with E-state index in [1.165, 1.54) is 0 Å². The molecule has 0 aromatic carbocycles. The van der Waals surface area contributed by atoms with Crippen molar-refractivity contribution >= 4 is 23.2 Å². The lowest BCUT2D eigenvalue weighted by Gasteiger charge is -2.15. The number of pyridine rings is 1. The van der Waals surface area contributed by atoms with Crippen LogP contribution in [-0.2, 0) is 6.54 Å². The smallest absolute Gasteiger partial charge is 0.0927 e. The lowest BCUT2D eigenvalue weighted by atomic mass is 10.1. The summed E-state index contributed by atoms with van der Waals surface area (Å²) in [5.41, 5.74) is 7.56. The molecule has 2 aromatic heterocycles. The van der Waals surface area contributed by atoms with Crippen LogP contribution >= 0.6 is 23.2 Å². The van der Waals surface area contributed by atoms with E-state index in [2.05, 4.69) is 17.0 Å². The number of nitrogens with two attached hydrogens (primary N) is 1. The van der Waals surface area contributed by atoms with E-state index in [1.807, 2.05) is 0 Å². The minimum Gasteiger partial charge on any atom is -0.318 e. The third-order valence-corrected chi connectivity index (χ3v) is 3.26. The van der Waals surface area contributed by atoms with Gasteiger partial charge in [0.15, 0.2) is 0 Å².